The zero-order valence-corrected chi connectivity index (χ0v) is 16.9. The van der Waals surface area contributed by atoms with Gasteiger partial charge in [0.05, 0.1) is 11.4 Å². The fourth-order valence-corrected chi connectivity index (χ4v) is 4.00. The van der Waals surface area contributed by atoms with Gasteiger partial charge in [0.2, 0.25) is 15.9 Å². The first-order valence-electron chi connectivity index (χ1n) is 8.25. The Kier molecular flexibility index (Phi) is 6.44. The molecule has 5 nitrogen and oxygen atoms in total. The molecule has 0 aliphatic carbocycles. The van der Waals surface area contributed by atoms with Crippen LogP contribution in [0, 0.1) is 13.8 Å². The number of benzene rings is 2. The van der Waals surface area contributed by atoms with Crippen molar-refractivity contribution in [2.75, 3.05) is 25.0 Å². The monoisotopic (exact) mass is 394 g/mol. The van der Waals surface area contributed by atoms with E-state index >= 15 is 0 Å². The Morgan fingerprint density at radius 1 is 1.04 bits per heavy atom. The van der Waals surface area contributed by atoms with Crippen molar-refractivity contribution in [2.24, 2.45) is 0 Å². The van der Waals surface area contributed by atoms with Gasteiger partial charge in [-0.2, -0.15) is 4.31 Å². The van der Waals surface area contributed by atoms with Crippen LogP contribution in [0.15, 0.2) is 47.4 Å². The molecule has 0 bridgehead atoms. The molecule has 140 valence electrons. The predicted molar refractivity (Wildman–Crippen MR) is 105 cm³/mol. The molecule has 0 saturated carbocycles. The van der Waals surface area contributed by atoms with Gasteiger partial charge in [0, 0.05) is 24.3 Å². The van der Waals surface area contributed by atoms with Crippen molar-refractivity contribution < 1.29 is 13.2 Å². The lowest BCUT2D eigenvalue weighted by Crippen LogP contribution is -2.41. The van der Waals surface area contributed by atoms with Gasteiger partial charge in [0.1, 0.15) is 0 Å². The summed E-state index contributed by atoms with van der Waals surface area (Å²) < 4.78 is 26.4. The van der Waals surface area contributed by atoms with E-state index in [-0.39, 0.29) is 17.3 Å². The molecule has 0 fully saturated rings. The molecular formula is C19H23ClN2O3S. The third kappa shape index (κ3) is 4.63. The number of aryl methyl sites for hydroxylation is 2. The molecule has 0 radical (unpaired) electrons. The number of hydrogen-bond acceptors (Lipinski definition) is 3. The highest BCUT2D eigenvalue weighted by atomic mass is 35.5. The average molecular weight is 395 g/mol. The molecular weight excluding hydrogens is 372 g/mol. The molecule has 1 amide bonds. The number of carbonyl (C=O) groups is 1. The van der Waals surface area contributed by atoms with Crippen LogP contribution in [0.2, 0.25) is 5.02 Å². The topological polar surface area (TPSA) is 57.7 Å². The van der Waals surface area contributed by atoms with E-state index in [4.69, 9.17) is 11.6 Å². The van der Waals surface area contributed by atoms with Gasteiger partial charge < -0.3 is 4.90 Å². The highest BCUT2D eigenvalue weighted by molar-refractivity contribution is 7.89. The number of carbonyl (C=O) groups excluding carboxylic acids is 1. The number of nitrogens with zero attached hydrogens (tertiary/aromatic N) is 2. The van der Waals surface area contributed by atoms with Gasteiger partial charge in [-0.25, -0.2) is 8.42 Å². The van der Waals surface area contributed by atoms with Crippen LogP contribution < -0.4 is 4.90 Å². The van der Waals surface area contributed by atoms with Crippen LogP contribution in [-0.4, -0.2) is 38.8 Å². The molecule has 2 aromatic rings. The summed E-state index contributed by atoms with van der Waals surface area (Å²) in [7, 11) is -2.36. The van der Waals surface area contributed by atoms with Crippen LogP contribution in [0.4, 0.5) is 5.69 Å². The summed E-state index contributed by atoms with van der Waals surface area (Å²) in [6.45, 7) is 6.00. The summed E-state index contributed by atoms with van der Waals surface area (Å²) in [6.07, 6.45) is 0. The molecule has 0 aliphatic heterocycles. The molecule has 0 aliphatic rings. The quantitative estimate of drug-likeness (QED) is 0.751. The van der Waals surface area contributed by atoms with Crippen LogP contribution in [0.1, 0.15) is 18.1 Å². The Morgan fingerprint density at radius 3 is 2.08 bits per heavy atom. The van der Waals surface area contributed by atoms with Crippen molar-refractivity contribution in [3.8, 4) is 0 Å². The minimum Gasteiger partial charge on any atom is -0.312 e. The molecule has 26 heavy (non-hydrogen) atoms. The van der Waals surface area contributed by atoms with Gasteiger partial charge >= 0.3 is 0 Å². The highest BCUT2D eigenvalue weighted by Gasteiger charge is 2.25. The molecule has 0 heterocycles. The third-order valence-electron chi connectivity index (χ3n) is 4.02. The Morgan fingerprint density at radius 2 is 1.58 bits per heavy atom. The molecule has 0 aromatic heterocycles. The highest BCUT2D eigenvalue weighted by Crippen LogP contribution is 2.21. The van der Waals surface area contributed by atoms with E-state index in [0.29, 0.717) is 11.6 Å². The van der Waals surface area contributed by atoms with E-state index in [0.717, 1.165) is 21.1 Å². The van der Waals surface area contributed by atoms with Crippen molar-refractivity contribution in [3.63, 3.8) is 0 Å². The molecule has 2 rings (SSSR count). The SMILES string of the molecule is CCN(C(=O)CN(C)S(=O)(=O)c1ccc(Cl)cc1)c1cc(C)cc(C)c1. The first-order valence-corrected chi connectivity index (χ1v) is 10.1. The standard InChI is InChI=1S/C19H23ClN2O3S/c1-5-22(17-11-14(2)10-15(3)12-17)19(23)13-21(4)26(24,25)18-8-6-16(20)7-9-18/h6-12H,5,13H2,1-4H3. The Labute approximate surface area is 160 Å². The zero-order valence-electron chi connectivity index (χ0n) is 15.4. The Hall–Kier alpha value is -1.89. The molecule has 0 atom stereocenters. The summed E-state index contributed by atoms with van der Waals surface area (Å²) in [5.74, 6) is -0.280. The maximum absolute atomic E-state index is 12.7. The minimum atomic E-state index is -3.76. The first kappa shape index (κ1) is 20.4. The summed E-state index contributed by atoms with van der Waals surface area (Å²) >= 11 is 5.81. The van der Waals surface area contributed by atoms with Crippen LogP contribution in [0.3, 0.4) is 0 Å². The normalized spacial score (nSPS) is 11.6. The van der Waals surface area contributed by atoms with Gasteiger partial charge in [0.15, 0.2) is 0 Å². The van der Waals surface area contributed by atoms with E-state index in [9.17, 15) is 13.2 Å². The van der Waals surface area contributed by atoms with Crippen LogP contribution in [-0.2, 0) is 14.8 Å². The second-order valence-electron chi connectivity index (χ2n) is 6.20. The van der Waals surface area contributed by atoms with Gasteiger partial charge in [-0.05, 0) is 68.3 Å². The number of rotatable bonds is 6. The fourth-order valence-electron chi connectivity index (χ4n) is 2.76. The smallest absolute Gasteiger partial charge is 0.243 e. The molecule has 0 unspecified atom stereocenters. The van der Waals surface area contributed by atoms with Crippen LogP contribution >= 0.6 is 11.6 Å². The second-order valence-corrected chi connectivity index (χ2v) is 8.68. The van der Waals surface area contributed by atoms with Crippen molar-refractivity contribution in [2.45, 2.75) is 25.7 Å². The van der Waals surface area contributed by atoms with E-state index < -0.39 is 10.0 Å². The largest absolute Gasteiger partial charge is 0.312 e. The lowest BCUT2D eigenvalue weighted by atomic mass is 10.1. The van der Waals surface area contributed by atoms with Crippen molar-refractivity contribution in [1.29, 1.82) is 0 Å². The second kappa shape index (κ2) is 8.20. The van der Waals surface area contributed by atoms with Gasteiger partial charge in [-0.1, -0.05) is 17.7 Å². The number of sulfonamides is 1. The lowest BCUT2D eigenvalue weighted by Gasteiger charge is -2.25. The number of amides is 1. The van der Waals surface area contributed by atoms with E-state index in [2.05, 4.69) is 0 Å². The van der Waals surface area contributed by atoms with Crippen molar-refractivity contribution >= 4 is 33.2 Å². The summed E-state index contributed by atoms with van der Waals surface area (Å²) in [5, 5.41) is 0.453. The van der Waals surface area contributed by atoms with Gasteiger partial charge in [-0.15, -0.1) is 0 Å². The number of hydrogen-bond donors (Lipinski definition) is 0. The van der Waals surface area contributed by atoms with Gasteiger partial charge in [-0.3, -0.25) is 4.79 Å². The summed E-state index contributed by atoms with van der Waals surface area (Å²) in [6, 6.07) is 11.7. The molecule has 7 heteroatoms. The lowest BCUT2D eigenvalue weighted by molar-refractivity contribution is -0.118. The predicted octanol–water partition coefficient (Wildman–Crippen LogP) is 3.63. The average Bonchev–Trinajstić information content (AvgIpc) is 2.55. The molecule has 0 N–H and O–H groups in total. The van der Waals surface area contributed by atoms with Crippen molar-refractivity contribution in [1.82, 2.24) is 4.31 Å². The van der Waals surface area contributed by atoms with Gasteiger partial charge in [0.25, 0.3) is 0 Å². The number of likely N-dealkylation sites (N-methyl/N-ethyl adjacent to an activating group) is 2. The minimum absolute atomic E-state index is 0.103. The van der Waals surface area contributed by atoms with Crippen molar-refractivity contribution in [3.05, 3.63) is 58.6 Å². The van der Waals surface area contributed by atoms with Crippen LogP contribution in [0.25, 0.3) is 0 Å². The number of halogens is 1. The Balaban J connectivity index is 2.22. The number of anilines is 1. The molecule has 0 saturated heterocycles. The van der Waals surface area contributed by atoms with E-state index in [1.807, 2.05) is 39.0 Å². The first-order chi connectivity index (χ1) is 12.1. The summed E-state index contributed by atoms with van der Waals surface area (Å²) in [4.78, 5) is 14.4. The van der Waals surface area contributed by atoms with Crippen LogP contribution in [0.5, 0.6) is 0 Å². The maximum atomic E-state index is 12.7. The van der Waals surface area contributed by atoms with E-state index in [1.54, 1.807) is 4.90 Å². The fraction of sp³-hybridized carbons (Fsp3) is 0.316. The molecule has 2 aromatic carbocycles. The Bertz CT molecular complexity index is 875. The molecule has 0 spiro atoms. The van der Waals surface area contributed by atoms with E-state index in [1.165, 1.54) is 31.3 Å². The maximum Gasteiger partial charge on any atom is 0.243 e. The summed E-state index contributed by atoms with van der Waals surface area (Å²) in [5.41, 5.74) is 2.87. The third-order valence-corrected chi connectivity index (χ3v) is 6.08. The zero-order chi connectivity index (χ0) is 19.5.